The van der Waals surface area contributed by atoms with E-state index in [1.54, 1.807) is 11.0 Å². The van der Waals surface area contributed by atoms with Crippen molar-refractivity contribution in [2.75, 3.05) is 31.1 Å². The molecule has 0 aromatic carbocycles. The second kappa shape index (κ2) is 6.29. The Morgan fingerprint density at radius 1 is 1.22 bits per heavy atom. The molecule has 0 aliphatic carbocycles. The summed E-state index contributed by atoms with van der Waals surface area (Å²) in [5.74, 6) is 0.105. The highest BCUT2D eigenvalue weighted by atomic mass is 35.5. The molecule has 0 spiro atoms. The van der Waals surface area contributed by atoms with Crippen molar-refractivity contribution in [3.05, 3.63) is 46.9 Å². The highest BCUT2D eigenvalue weighted by Crippen LogP contribution is 2.17. The van der Waals surface area contributed by atoms with Gasteiger partial charge in [0.05, 0.1) is 5.56 Å². The van der Waals surface area contributed by atoms with Crippen LogP contribution in [0, 0.1) is 0 Å². The van der Waals surface area contributed by atoms with Crippen molar-refractivity contribution >= 4 is 29.2 Å². The Hall–Kier alpha value is -2.54. The molecule has 7 nitrogen and oxygen atoms in total. The number of primary amides is 1. The number of nitrogens with two attached hydrogens (primary N) is 1. The molecule has 0 atom stereocenters. The Balaban J connectivity index is 1.64. The Morgan fingerprint density at radius 3 is 2.57 bits per heavy atom. The van der Waals surface area contributed by atoms with E-state index in [-0.39, 0.29) is 5.91 Å². The minimum Gasteiger partial charge on any atom is -0.366 e. The van der Waals surface area contributed by atoms with Gasteiger partial charge in [0.25, 0.3) is 5.91 Å². The number of carbonyl (C=O) groups excluding carboxylic acids is 2. The van der Waals surface area contributed by atoms with Gasteiger partial charge in [-0.05, 0) is 18.2 Å². The third kappa shape index (κ3) is 3.29. The van der Waals surface area contributed by atoms with Crippen molar-refractivity contribution in [1.29, 1.82) is 0 Å². The summed E-state index contributed by atoms with van der Waals surface area (Å²) in [4.78, 5) is 34.4. The number of hydrogen-bond acceptors (Lipinski definition) is 4. The zero-order valence-electron chi connectivity index (χ0n) is 12.3. The fourth-order valence-corrected chi connectivity index (χ4v) is 2.70. The summed E-state index contributed by atoms with van der Waals surface area (Å²) in [6.45, 7) is 2.47. The van der Waals surface area contributed by atoms with Crippen LogP contribution in [0.4, 0.5) is 5.82 Å². The van der Waals surface area contributed by atoms with Gasteiger partial charge in [-0.25, -0.2) is 4.98 Å². The van der Waals surface area contributed by atoms with Gasteiger partial charge in [0.15, 0.2) is 0 Å². The summed E-state index contributed by atoms with van der Waals surface area (Å²) in [6, 6.07) is 6.96. The van der Waals surface area contributed by atoms with Gasteiger partial charge in [-0.2, -0.15) is 0 Å². The number of aromatic nitrogens is 2. The van der Waals surface area contributed by atoms with Crippen molar-refractivity contribution in [3.63, 3.8) is 0 Å². The van der Waals surface area contributed by atoms with Crippen LogP contribution in [-0.4, -0.2) is 52.9 Å². The van der Waals surface area contributed by atoms with Crippen molar-refractivity contribution in [2.45, 2.75) is 0 Å². The highest BCUT2D eigenvalue weighted by Gasteiger charge is 2.24. The van der Waals surface area contributed by atoms with Crippen molar-refractivity contribution in [2.24, 2.45) is 5.73 Å². The van der Waals surface area contributed by atoms with E-state index in [0.29, 0.717) is 42.6 Å². The number of nitrogens with one attached hydrogen (secondary N) is 1. The molecule has 3 N–H and O–H groups in total. The fourth-order valence-electron chi connectivity index (χ4n) is 2.54. The summed E-state index contributed by atoms with van der Waals surface area (Å²) in [6.07, 6.45) is 1.45. The molecule has 0 unspecified atom stereocenters. The monoisotopic (exact) mass is 333 g/mol. The fraction of sp³-hybridized carbons (Fsp3) is 0.267. The minimum absolute atomic E-state index is 0.142. The molecular formula is C15H16ClN5O2. The van der Waals surface area contributed by atoms with Gasteiger partial charge in [0.1, 0.15) is 16.7 Å². The van der Waals surface area contributed by atoms with Gasteiger partial charge < -0.3 is 20.5 Å². The van der Waals surface area contributed by atoms with Gasteiger partial charge in [0.2, 0.25) is 5.91 Å². The molecular weight excluding hydrogens is 318 g/mol. The van der Waals surface area contributed by atoms with Crippen LogP contribution in [-0.2, 0) is 0 Å². The lowest BCUT2D eigenvalue weighted by atomic mass is 10.2. The molecule has 0 saturated carbocycles. The van der Waals surface area contributed by atoms with Crippen molar-refractivity contribution < 1.29 is 9.59 Å². The first kappa shape index (κ1) is 15.4. The number of rotatable bonds is 3. The second-order valence-corrected chi connectivity index (χ2v) is 5.65. The molecule has 1 fully saturated rings. The van der Waals surface area contributed by atoms with Crippen molar-refractivity contribution in [3.8, 4) is 0 Å². The number of aromatic amines is 1. The predicted octanol–water partition coefficient (Wildman–Crippen LogP) is 1.12. The summed E-state index contributed by atoms with van der Waals surface area (Å²) < 4.78 is 0. The first-order valence-electron chi connectivity index (χ1n) is 7.19. The first-order chi connectivity index (χ1) is 11.0. The largest absolute Gasteiger partial charge is 0.366 e. The van der Waals surface area contributed by atoms with Crippen LogP contribution >= 0.6 is 11.6 Å². The summed E-state index contributed by atoms with van der Waals surface area (Å²) in [5, 5.41) is 0.450. The minimum atomic E-state index is -0.558. The van der Waals surface area contributed by atoms with E-state index >= 15 is 0 Å². The molecule has 3 rings (SSSR count). The molecule has 2 amide bonds. The van der Waals surface area contributed by atoms with Crippen LogP contribution < -0.4 is 10.6 Å². The Bertz CT molecular complexity index is 737. The third-order valence-corrected chi connectivity index (χ3v) is 4.00. The van der Waals surface area contributed by atoms with Crippen LogP contribution in [0.3, 0.4) is 0 Å². The number of H-pyrrole nitrogens is 1. The number of piperazine rings is 1. The quantitative estimate of drug-likeness (QED) is 0.823. The number of carbonyl (C=O) groups is 2. The number of anilines is 1. The molecule has 3 heterocycles. The summed E-state index contributed by atoms with van der Waals surface area (Å²) in [7, 11) is 0. The number of halogens is 1. The molecule has 2 aromatic rings. The topological polar surface area (TPSA) is 95.3 Å². The number of pyridine rings is 1. The van der Waals surface area contributed by atoms with E-state index in [0.717, 1.165) is 5.82 Å². The van der Waals surface area contributed by atoms with Gasteiger partial charge in [-0.3, -0.25) is 9.59 Å². The molecule has 1 aliphatic rings. The Kier molecular flexibility index (Phi) is 4.20. The maximum atomic E-state index is 12.4. The average Bonchev–Trinajstić information content (AvgIpc) is 3.04. The van der Waals surface area contributed by atoms with E-state index in [1.807, 2.05) is 12.1 Å². The van der Waals surface area contributed by atoms with Crippen LogP contribution in [0.5, 0.6) is 0 Å². The summed E-state index contributed by atoms with van der Waals surface area (Å²) >= 11 is 5.91. The van der Waals surface area contributed by atoms with Gasteiger partial charge in [-0.1, -0.05) is 17.7 Å². The van der Waals surface area contributed by atoms with E-state index in [2.05, 4.69) is 14.9 Å². The van der Waals surface area contributed by atoms with Crippen LogP contribution in [0.25, 0.3) is 0 Å². The Morgan fingerprint density at radius 2 is 1.96 bits per heavy atom. The zero-order valence-corrected chi connectivity index (χ0v) is 13.1. The molecule has 1 aliphatic heterocycles. The van der Waals surface area contributed by atoms with Crippen LogP contribution in [0.15, 0.2) is 30.5 Å². The molecule has 23 heavy (non-hydrogen) atoms. The lowest BCUT2D eigenvalue weighted by Gasteiger charge is -2.35. The maximum Gasteiger partial charge on any atom is 0.270 e. The zero-order chi connectivity index (χ0) is 16.4. The van der Waals surface area contributed by atoms with Gasteiger partial charge in [-0.15, -0.1) is 0 Å². The van der Waals surface area contributed by atoms with E-state index in [1.165, 1.54) is 12.3 Å². The predicted molar refractivity (Wildman–Crippen MR) is 86.7 cm³/mol. The molecule has 0 radical (unpaired) electrons. The third-order valence-electron chi connectivity index (χ3n) is 3.79. The molecule has 1 saturated heterocycles. The lowest BCUT2D eigenvalue weighted by Crippen LogP contribution is -2.49. The molecule has 120 valence electrons. The first-order valence-corrected chi connectivity index (χ1v) is 7.57. The standard InChI is InChI=1S/C15H16ClN5O2/c16-12-2-1-3-13(19-12)20-4-6-21(7-5-20)15(23)11-8-10(9-18-11)14(17)22/h1-3,8-9,18H,4-7H2,(H2,17,22). The summed E-state index contributed by atoms with van der Waals surface area (Å²) in [5.41, 5.74) is 5.86. The van der Waals surface area contributed by atoms with E-state index in [9.17, 15) is 9.59 Å². The lowest BCUT2D eigenvalue weighted by molar-refractivity contribution is 0.0741. The SMILES string of the molecule is NC(=O)c1c[nH]c(C(=O)N2CCN(c3cccc(Cl)n3)CC2)c1. The smallest absolute Gasteiger partial charge is 0.270 e. The van der Waals surface area contributed by atoms with Gasteiger partial charge in [0, 0.05) is 32.4 Å². The van der Waals surface area contributed by atoms with Crippen LogP contribution in [0.1, 0.15) is 20.8 Å². The highest BCUT2D eigenvalue weighted by molar-refractivity contribution is 6.29. The molecule has 8 heteroatoms. The number of nitrogens with zero attached hydrogens (tertiary/aromatic N) is 3. The van der Waals surface area contributed by atoms with Crippen LogP contribution in [0.2, 0.25) is 5.15 Å². The van der Waals surface area contributed by atoms with Gasteiger partial charge >= 0.3 is 0 Å². The van der Waals surface area contributed by atoms with Crippen molar-refractivity contribution in [1.82, 2.24) is 14.9 Å². The Labute approximate surface area is 138 Å². The number of amides is 2. The number of hydrogen-bond donors (Lipinski definition) is 2. The average molecular weight is 334 g/mol. The van der Waals surface area contributed by atoms with E-state index in [4.69, 9.17) is 17.3 Å². The second-order valence-electron chi connectivity index (χ2n) is 5.26. The normalized spacial score (nSPS) is 14.8. The molecule has 2 aromatic heterocycles. The maximum absolute atomic E-state index is 12.4. The van der Waals surface area contributed by atoms with E-state index < -0.39 is 5.91 Å². The molecule has 0 bridgehead atoms.